The molecule has 3 aliphatic rings. The Labute approximate surface area is 107 Å². The van der Waals surface area contributed by atoms with Crippen LogP contribution in [0.25, 0.3) is 0 Å². The molecule has 3 saturated heterocycles. The molecule has 3 rings (SSSR count). The van der Waals surface area contributed by atoms with Crippen molar-refractivity contribution < 1.29 is 19.0 Å². The van der Waals surface area contributed by atoms with Gasteiger partial charge in [-0.2, -0.15) is 0 Å². The molecule has 3 fully saturated rings. The monoisotopic (exact) mass is 255 g/mol. The predicted octanol–water partition coefficient (Wildman–Crippen LogP) is 0.634. The van der Waals surface area contributed by atoms with E-state index in [-0.39, 0.29) is 18.1 Å². The average molecular weight is 255 g/mol. The smallest absolute Gasteiger partial charge is 0.228 e. The van der Waals surface area contributed by atoms with Gasteiger partial charge in [0.1, 0.15) is 0 Å². The first-order valence-electron chi connectivity index (χ1n) is 6.94. The molecule has 0 bridgehead atoms. The quantitative estimate of drug-likeness (QED) is 0.726. The fraction of sp³-hybridized carbons (Fsp3) is 0.923. The van der Waals surface area contributed by atoms with Gasteiger partial charge in [-0.1, -0.05) is 0 Å². The van der Waals surface area contributed by atoms with E-state index in [2.05, 4.69) is 0 Å². The third kappa shape index (κ3) is 2.53. The van der Waals surface area contributed by atoms with Crippen LogP contribution in [0, 0.1) is 11.8 Å². The minimum absolute atomic E-state index is 0.0305. The summed E-state index contributed by atoms with van der Waals surface area (Å²) in [6.45, 7) is 4.43. The predicted molar refractivity (Wildman–Crippen MR) is 63.9 cm³/mol. The van der Waals surface area contributed by atoms with Crippen molar-refractivity contribution in [1.29, 1.82) is 0 Å². The van der Waals surface area contributed by atoms with Crippen LogP contribution in [0.4, 0.5) is 0 Å². The van der Waals surface area contributed by atoms with Crippen LogP contribution in [-0.2, 0) is 19.0 Å². The molecule has 5 nitrogen and oxygen atoms in total. The van der Waals surface area contributed by atoms with Gasteiger partial charge in [0.15, 0.2) is 6.29 Å². The molecule has 0 saturated carbocycles. The molecule has 0 aromatic rings. The molecule has 0 aliphatic carbocycles. The van der Waals surface area contributed by atoms with Gasteiger partial charge < -0.3 is 19.1 Å². The summed E-state index contributed by atoms with van der Waals surface area (Å²) >= 11 is 0. The SMILES string of the molecule is O=C(C1CCOC1)N1CCC(C2OCCO2)CC1. The first-order chi connectivity index (χ1) is 8.84. The summed E-state index contributed by atoms with van der Waals surface area (Å²) < 4.78 is 16.4. The van der Waals surface area contributed by atoms with Gasteiger partial charge in [0.25, 0.3) is 0 Å². The highest BCUT2D eigenvalue weighted by Crippen LogP contribution is 2.27. The first kappa shape index (κ1) is 12.4. The summed E-state index contributed by atoms with van der Waals surface area (Å²) in [5.74, 6) is 0.830. The second-order valence-corrected chi connectivity index (χ2v) is 5.33. The van der Waals surface area contributed by atoms with E-state index in [1.807, 2.05) is 4.90 Å². The van der Waals surface area contributed by atoms with Crippen molar-refractivity contribution in [3.63, 3.8) is 0 Å². The number of ether oxygens (including phenoxy) is 3. The maximum absolute atomic E-state index is 12.2. The van der Waals surface area contributed by atoms with Crippen LogP contribution >= 0.6 is 0 Å². The minimum atomic E-state index is -0.0305. The van der Waals surface area contributed by atoms with Crippen molar-refractivity contribution in [3.05, 3.63) is 0 Å². The lowest BCUT2D eigenvalue weighted by molar-refractivity contribution is -0.140. The lowest BCUT2D eigenvalue weighted by Crippen LogP contribution is -2.44. The molecule has 5 heteroatoms. The number of nitrogens with zero attached hydrogens (tertiary/aromatic N) is 1. The molecule has 1 unspecified atom stereocenters. The van der Waals surface area contributed by atoms with Crippen LogP contribution in [0.2, 0.25) is 0 Å². The number of amides is 1. The van der Waals surface area contributed by atoms with E-state index < -0.39 is 0 Å². The highest BCUT2D eigenvalue weighted by atomic mass is 16.7. The molecule has 102 valence electrons. The normalized spacial score (nSPS) is 31.1. The van der Waals surface area contributed by atoms with Crippen LogP contribution in [0.3, 0.4) is 0 Å². The van der Waals surface area contributed by atoms with Crippen molar-refractivity contribution in [3.8, 4) is 0 Å². The molecule has 18 heavy (non-hydrogen) atoms. The summed E-state index contributed by atoms with van der Waals surface area (Å²) in [4.78, 5) is 14.2. The molecular weight excluding hydrogens is 234 g/mol. The maximum atomic E-state index is 12.2. The molecule has 3 aliphatic heterocycles. The molecule has 0 aromatic carbocycles. The molecule has 0 aromatic heterocycles. The van der Waals surface area contributed by atoms with Crippen LogP contribution in [0.15, 0.2) is 0 Å². The van der Waals surface area contributed by atoms with Crippen LogP contribution in [-0.4, -0.2) is 56.6 Å². The fourth-order valence-corrected chi connectivity index (χ4v) is 3.03. The average Bonchev–Trinajstić information content (AvgIpc) is 3.11. The van der Waals surface area contributed by atoms with Crippen molar-refractivity contribution >= 4 is 5.91 Å². The summed E-state index contributed by atoms with van der Waals surface area (Å²) in [6, 6.07) is 0. The van der Waals surface area contributed by atoms with E-state index in [1.54, 1.807) is 0 Å². The molecule has 3 heterocycles. The second-order valence-electron chi connectivity index (χ2n) is 5.33. The van der Waals surface area contributed by atoms with Crippen molar-refractivity contribution in [1.82, 2.24) is 4.90 Å². The van der Waals surface area contributed by atoms with Crippen molar-refractivity contribution in [2.75, 3.05) is 39.5 Å². The summed E-state index contributed by atoms with van der Waals surface area (Å²) in [5, 5.41) is 0. The summed E-state index contributed by atoms with van der Waals surface area (Å²) in [6.07, 6.45) is 2.83. The minimum Gasteiger partial charge on any atom is -0.381 e. The van der Waals surface area contributed by atoms with Crippen molar-refractivity contribution in [2.24, 2.45) is 11.8 Å². The number of hydrogen-bond donors (Lipinski definition) is 0. The Hall–Kier alpha value is -0.650. The zero-order valence-corrected chi connectivity index (χ0v) is 10.7. The van der Waals surface area contributed by atoms with Gasteiger partial charge >= 0.3 is 0 Å². The summed E-state index contributed by atoms with van der Waals surface area (Å²) in [5.41, 5.74) is 0. The van der Waals surface area contributed by atoms with Gasteiger partial charge in [0.05, 0.1) is 25.7 Å². The van der Waals surface area contributed by atoms with E-state index in [0.29, 0.717) is 25.7 Å². The molecule has 0 N–H and O–H groups in total. The highest BCUT2D eigenvalue weighted by Gasteiger charge is 2.34. The highest BCUT2D eigenvalue weighted by molar-refractivity contribution is 5.79. The number of carbonyl (C=O) groups excluding carboxylic acids is 1. The van der Waals surface area contributed by atoms with Gasteiger partial charge in [-0.05, 0) is 19.3 Å². The second kappa shape index (κ2) is 5.55. The Morgan fingerprint density at radius 3 is 2.33 bits per heavy atom. The largest absolute Gasteiger partial charge is 0.381 e. The maximum Gasteiger partial charge on any atom is 0.228 e. The molecule has 0 spiro atoms. The lowest BCUT2D eigenvalue weighted by Gasteiger charge is -2.34. The van der Waals surface area contributed by atoms with Crippen LogP contribution in [0.1, 0.15) is 19.3 Å². The van der Waals surface area contributed by atoms with E-state index in [4.69, 9.17) is 14.2 Å². The zero-order valence-electron chi connectivity index (χ0n) is 10.7. The molecule has 0 radical (unpaired) electrons. The molecule has 1 atom stereocenters. The fourth-order valence-electron chi connectivity index (χ4n) is 3.03. The van der Waals surface area contributed by atoms with Gasteiger partial charge in [0.2, 0.25) is 5.91 Å². The van der Waals surface area contributed by atoms with E-state index >= 15 is 0 Å². The number of carbonyl (C=O) groups is 1. The zero-order chi connectivity index (χ0) is 12.4. The Bertz CT molecular complexity index is 289. The Morgan fingerprint density at radius 2 is 1.72 bits per heavy atom. The topological polar surface area (TPSA) is 48.0 Å². The lowest BCUT2D eigenvalue weighted by atomic mass is 9.95. The first-order valence-corrected chi connectivity index (χ1v) is 6.94. The van der Waals surface area contributed by atoms with Crippen LogP contribution < -0.4 is 0 Å². The number of likely N-dealkylation sites (tertiary alicyclic amines) is 1. The number of rotatable bonds is 2. The van der Waals surface area contributed by atoms with Gasteiger partial charge in [-0.3, -0.25) is 4.79 Å². The Morgan fingerprint density at radius 1 is 1.00 bits per heavy atom. The number of piperidine rings is 1. The molecular formula is C13H21NO4. The summed E-state index contributed by atoms with van der Waals surface area (Å²) in [7, 11) is 0. The van der Waals surface area contributed by atoms with Crippen molar-refractivity contribution in [2.45, 2.75) is 25.6 Å². The molecule has 1 amide bonds. The standard InChI is InChI=1S/C13H21NO4/c15-12(11-3-6-16-9-11)14-4-1-10(2-5-14)13-17-7-8-18-13/h10-11,13H,1-9H2. The van der Waals surface area contributed by atoms with E-state index in [0.717, 1.165) is 39.0 Å². The third-order valence-electron chi connectivity index (χ3n) is 4.16. The van der Waals surface area contributed by atoms with Gasteiger partial charge in [0, 0.05) is 25.6 Å². The number of hydrogen-bond acceptors (Lipinski definition) is 4. The Balaban J connectivity index is 1.48. The van der Waals surface area contributed by atoms with E-state index in [9.17, 15) is 4.79 Å². The van der Waals surface area contributed by atoms with Gasteiger partial charge in [-0.25, -0.2) is 0 Å². The third-order valence-corrected chi connectivity index (χ3v) is 4.16. The Kier molecular flexibility index (Phi) is 3.82. The van der Waals surface area contributed by atoms with E-state index in [1.165, 1.54) is 0 Å². The van der Waals surface area contributed by atoms with Crippen LogP contribution in [0.5, 0.6) is 0 Å². The van der Waals surface area contributed by atoms with Gasteiger partial charge in [-0.15, -0.1) is 0 Å².